The quantitative estimate of drug-likeness (QED) is 0.686. The zero-order valence-corrected chi connectivity index (χ0v) is 17.0. The van der Waals surface area contributed by atoms with Gasteiger partial charge in [0.05, 0.1) is 11.7 Å². The van der Waals surface area contributed by atoms with E-state index in [2.05, 4.69) is 24.8 Å². The Morgan fingerprint density at radius 1 is 1.07 bits per heavy atom. The molecule has 0 unspecified atom stereocenters. The van der Waals surface area contributed by atoms with Crippen LogP contribution in [-0.4, -0.2) is 30.2 Å². The second-order valence-corrected chi connectivity index (χ2v) is 8.73. The van der Waals surface area contributed by atoms with Gasteiger partial charge in [0.15, 0.2) is 0 Å². The summed E-state index contributed by atoms with van der Waals surface area (Å²) in [5.74, 6) is 1.59. The van der Waals surface area contributed by atoms with Gasteiger partial charge in [-0.3, -0.25) is 9.78 Å². The van der Waals surface area contributed by atoms with Crippen molar-refractivity contribution < 1.29 is 0 Å². The van der Waals surface area contributed by atoms with Crippen LogP contribution < -0.4 is 10.9 Å². The highest BCUT2D eigenvalue weighted by Gasteiger charge is 2.26. The number of rotatable bonds is 5. The monoisotopic (exact) mass is 408 g/mol. The van der Waals surface area contributed by atoms with Crippen LogP contribution in [0.1, 0.15) is 62.7 Å². The third-order valence-electron chi connectivity index (χ3n) is 6.06. The van der Waals surface area contributed by atoms with Gasteiger partial charge in [-0.2, -0.15) is 9.47 Å². The molecule has 3 aromatic heterocycles. The molecule has 0 aliphatic heterocycles. The Hall–Kier alpha value is -2.61. The van der Waals surface area contributed by atoms with Crippen molar-refractivity contribution in [1.82, 2.24) is 24.1 Å². The van der Waals surface area contributed by atoms with Crippen LogP contribution >= 0.6 is 11.5 Å². The van der Waals surface area contributed by atoms with Gasteiger partial charge in [0.25, 0.3) is 5.56 Å². The van der Waals surface area contributed by atoms with E-state index in [1.165, 1.54) is 30.8 Å². The summed E-state index contributed by atoms with van der Waals surface area (Å²) in [6, 6.07) is 7.75. The number of hydrogen-bond acceptors (Lipinski definition) is 7. The first kappa shape index (κ1) is 18.4. The first-order valence-electron chi connectivity index (χ1n) is 10.4. The fourth-order valence-electron chi connectivity index (χ4n) is 4.12. The first-order chi connectivity index (χ1) is 14.3. The molecule has 2 saturated carbocycles. The third-order valence-corrected chi connectivity index (χ3v) is 6.73. The highest BCUT2D eigenvalue weighted by molar-refractivity contribution is 7.09. The number of pyridine rings is 1. The lowest BCUT2D eigenvalue weighted by molar-refractivity contribution is 0.304. The highest BCUT2D eigenvalue weighted by Crippen LogP contribution is 2.36. The predicted octanol–water partition coefficient (Wildman–Crippen LogP) is 4.02. The summed E-state index contributed by atoms with van der Waals surface area (Å²) in [4.78, 5) is 21.3. The molecule has 7 nitrogen and oxygen atoms in total. The van der Waals surface area contributed by atoms with Crippen LogP contribution in [0.2, 0.25) is 0 Å². The Morgan fingerprint density at radius 2 is 1.93 bits per heavy atom. The highest BCUT2D eigenvalue weighted by atomic mass is 32.1. The zero-order valence-electron chi connectivity index (χ0n) is 16.2. The zero-order chi connectivity index (χ0) is 19.6. The van der Waals surface area contributed by atoms with Gasteiger partial charge in [0.1, 0.15) is 5.82 Å². The summed E-state index contributed by atoms with van der Waals surface area (Å²) in [5, 5.41) is 9.13. The SMILES string of the molecule is O=c1ccc(-c2cccnc2)nn1C1CCC(Nc2nc(C3CCC3)ns2)CC1. The fraction of sp³-hybridized carbons (Fsp3) is 0.476. The lowest BCUT2D eigenvalue weighted by Crippen LogP contribution is -2.33. The first-order valence-corrected chi connectivity index (χ1v) is 11.1. The van der Waals surface area contributed by atoms with E-state index in [9.17, 15) is 4.79 Å². The molecule has 150 valence electrons. The Bertz CT molecular complexity index is 1020. The maximum Gasteiger partial charge on any atom is 0.267 e. The standard InChI is InChI=1S/C21H24N6OS/c28-19-11-10-18(15-5-2-12-22-13-15)25-27(19)17-8-6-16(7-9-17)23-21-24-20(26-29-21)14-3-1-4-14/h2,5,10-14,16-17H,1,3-4,6-9H2,(H,23,24,26). The molecule has 0 amide bonds. The summed E-state index contributed by atoms with van der Waals surface area (Å²) < 4.78 is 6.19. The van der Waals surface area contributed by atoms with Crippen LogP contribution in [0.25, 0.3) is 11.3 Å². The van der Waals surface area contributed by atoms with E-state index >= 15 is 0 Å². The maximum absolute atomic E-state index is 12.4. The summed E-state index contributed by atoms with van der Waals surface area (Å²) in [6.45, 7) is 0. The van der Waals surface area contributed by atoms with Gasteiger partial charge >= 0.3 is 0 Å². The number of anilines is 1. The maximum atomic E-state index is 12.4. The normalized spacial score (nSPS) is 22.2. The van der Waals surface area contributed by atoms with E-state index in [-0.39, 0.29) is 11.6 Å². The molecule has 0 spiro atoms. The average Bonchev–Trinajstić information content (AvgIpc) is 3.16. The Kier molecular flexibility index (Phi) is 5.10. The van der Waals surface area contributed by atoms with Crippen molar-refractivity contribution in [3.63, 3.8) is 0 Å². The van der Waals surface area contributed by atoms with Crippen molar-refractivity contribution in [2.75, 3.05) is 5.32 Å². The van der Waals surface area contributed by atoms with Crippen LogP contribution in [0.5, 0.6) is 0 Å². The molecule has 2 aliphatic rings. The molecule has 2 aliphatic carbocycles. The lowest BCUT2D eigenvalue weighted by Gasteiger charge is -2.29. The molecule has 1 N–H and O–H groups in total. The average molecular weight is 409 g/mol. The minimum Gasteiger partial charge on any atom is -0.358 e. The number of nitrogens with one attached hydrogen (secondary N) is 1. The van der Waals surface area contributed by atoms with Gasteiger partial charge in [-0.15, -0.1) is 0 Å². The Labute approximate surface area is 173 Å². The summed E-state index contributed by atoms with van der Waals surface area (Å²) in [7, 11) is 0. The van der Waals surface area contributed by atoms with E-state index in [0.717, 1.165) is 47.9 Å². The molecular formula is C21H24N6OS. The number of aromatic nitrogens is 5. The second-order valence-electron chi connectivity index (χ2n) is 7.98. The van der Waals surface area contributed by atoms with Crippen LogP contribution in [0.3, 0.4) is 0 Å². The summed E-state index contributed by atoms with van der Waals surface area (Å²) >= 11 is 1.47. The molecule has 3 aromatic rings. The molecule has 8 heteroatoms. The van der Waals surface area contributed by atoms with Crippen molar-refractivity contribution in [2.45, 2.75) is 62.9 Å². The molecule has 0 aromatic carbocycles. The largest absolute Gasteiger partial charge is 0.358 e. The molecule has 0 atom stereocenters. The molecule has 3 heterocycles. The fourth-order valence-corrected chi connectivity index (χ4v) is 4.84. The molecule has 0 bridgehead atoms. The van der Waals surface area contributed by atoms with Crippen molar-refractivity contribution >= 4 is 16.7 Å². The van der Waals surface area contributed by atoms with Gasteiger partial charge in [0.2, 0.25) is 5.13 Å². The Balaban J connectivity index is 1.23. The van der Waals surface area contributed by atoms with E-state index in [1.807, 2.05) is 12.1 Å². The molecule has 2 fully saturated rings. The molecule has 5 rings (SSSR count). The Morgan fingerprint density at radius 3 is 2.66 bits per heavy atom. The van der Waals surface area contributed by atoms with Crippen LogP contribution in [0.4, 0.5) is 5.13 Å². The molecule has 0 radical (unpaired) electrons. The predicted molar refractivity (Wildman–Crippen MR) is 113 cm³/mol. The smallest absolute Gasteiger partial charge is 0.267 e. The van der Waals surface area contributed by atoms with Crippen LogP contribution in [0.15, 0.2) is 41.5 Å². The van der Waals surface area contributed by atoms with Crippen molar-refractivity contribution in [1.29, 1.82) is 0 Å². The van der Waals surface area contributed by atoms with E-state index in [4.69, 9.17) is 0 Å². The molecule has 29 heavy (non-hydrogen) atoms. The van der Waals surface area contributed by atoms with E-state index < -0.39 is 0 Å². The van der Waals surface area contributed by atoms with Crippen molar-refractivity contribution in [3.05, 3.63) is 52.8 Å². The summed E-state index contributed by atoms with van der Waals surface area (Å²) in [6.07, 6.45) is 11.1. The topological polar surface area (TPSA) is 85.6 Å². The van der Waals surface area contributed by atoms with Gasteiger partial charge in [-0.05, 0) is 56.7 Å². The van der Waals surface area contributed by atoms with E-state index in [0.29, 0.717) is 12.0 Å². The number of nitrogens with zero attached hydrogens (tertiary/aromatic N) is 5. The van der Waals surface area contributed by atoms with Crippen molar-refractivity contribution in [3.8, 4) is 11.3 Å². The van der Waals surface area contributed by atoms with Crippen LogP contribution in [-0.2, 0) is 0 Å². The van der Waals surface area contributed by atoms with Crippen molar-refractivity contribution in [2.24, 2.45) is 0 Å². The number of hydrogen-bond donors (Lipinski definition) is 1. The van der Waals surface area contributed by atoms with E-state index in [1.54, 1.807) is 29.2 Å². The van der Waals surface area contributed by atoms with Gasteiger partial charge in [-0.25, -0.2) is 9.67 Å². The molecule has 0 saturated heterocycles. The minimum absolute atomic E-state index is 0.0386. The lowest BCUT2D eigenvalue weighted by atomic mass is 9.85. The third kappa shape index (κ3) is 3.94. The second kappa shape index (κ2) is 8.02. The molecular weight excluding hydrogens is 384 g/mol. The summed E-state index contributed by atoms with van der Waals surface area (Å²) in [5.41, 5.74) is 1.67. The van der Waals surface area contributed by atoms with Gasteiger partial charge in [0, 0.05) is 47.5 Å². The van der Waals surface area contributed by atoms with Gasteiger partial charge < -0.3 is 5.32 Å². The van der Waals surface area contributed by atoms with Gasteiger partial charge in [-0.1, -0.05) is 6.42 Å². The van der Waals surface area contributed by atoms with Crippen LogP contribution in [0, 0.1) is 0 Å². The minimum atomic E-state index is -0.0386.